The normalized spacial score (nSPS) is 13.9. The number of hydrogen-bond acceptors (Lipinski definition) is 4. The van der Waals surface area contributed by atoms with Gasteiger partial charge in [-0.25, -0.2) is 0 Å². The molecule has 5 nitrogen and oxygen atoms in total. The Hall–Kier alpha value is -1.53. The van der Waals surface area contributed by atoms with Gasteiger partial charge in [0.1, 0.15) is 0 Å². The van der Waals surface area contributed by atoms with E-state index in [2.05, 4.69) is 31.4 Å². The molecule has 1 aromatic carbocycles. The summed E-state index contributed by atoms with van der Waals surface area (Å²) in [5.74, 6) is 1.39. The van der Waals surface area contributed by atoms with E-state index in [-0.39, 0.29) is 0 Å². The lowest BCUT2D eigenvalue weighted by molar-refractivity contribution is 0.353. The number of hydrogen-bond donors (Lipinski definition) is 2. The average Bonchev–Trinajstić information content (AvgIpc) is 2.90. The Bertz CT molecular complexity index is 640. The quantitative estimate of drug-likeness (QED) is 0.903. The first-order valence-electron chi connectivity index (χ1n) is 6.44. The van der Waals surface area contributed by atoms with Crippen molar-refractivity contribution in [3.8, 4) is 22.8 Å². The van der Waals surface area contributed by atoms with Gasteiger partial charge in [0.25, 0.3) is 0 Å². The maximum Gasteiger partial charge on any atom is 0.175 e. The standard InChI is InChI=1S/C14H16BrN3O2/c1-19-11-4-3-8(12(15)14(11)20-2)13-9-7-16-6-5-10(9)17-18-13/h3-4,16H,5-7H2,1-2H3,(H,17,18). The largest absolute Gasteiger partial charge is 0.493 e. The average molecular weight is 338 g/mol. The van der Waals surface area contributed by atoms with Crippen LogP contribution in [0.4, 0.5) is 0 Å². The number of aromatic nitrogens is 2. The van der Waals surface area contributed by atoms with E-state index in [4.69, 9.17) is 9.47 Å². The molecular weight excluding hydrogens is 322 g/mol. The fourth-order valence-electron chi connectivity index (χ4n) is 2.52. The predicted octanol–water partition coefficient (Wildman–Crippen LogP) is 2.50. The summed E-state index contributed by atoms with van der Waals surface area (Å²) in [6.07, 6.45) is 0.979. The zero-order valence-electron chi connectivity index (χ0n) is 11.4. The van der Waals surface area contributed by atoms with Crippen LogP contribution in [0.2, 0.25) is 0 Å². The van der Waals surface area contributed by atoms with Gasteiger partial charge in [-0.1, -0.05) is 0 Å². The molecule has 1 aliphatic heterocycles. The molecule has 1 aliphatic rings. The number of nitrogens with one attached hydrogen (secondary N) is 2. The molecule has 0 atom stereocenters. The fourth-order valence-corrected chi connectivity index (χ4v) is 3.20. The third-order valence-corrected chi connectivity index (χ3v) is 4.33. The van der Waals surface area contributed by atoms with Gasteiger partial charge >= 0.3 is 0 Å². The van der Waals surface area contributed by atoms with Crippen LogP contribution in [0.3, 0.4) is 0 Å². The molecule has 0 fully saturated rings. The van der Waals surface area contributed by atoms with Gasteiger partial charge in [-0.05, 0) is 28.1 Å². The zero-order valence-corrected chi connectivity index (χ0v) is 13.0. The monoisotopic (exact) mass is 337 g/mol. The molecule has 1 aromatic heterocycles. The molecule has 2 N–H and O–H groups in total. The number of benzene rings is 1. The highest BCUT2D eigenvalue weighted by Crippen LogP contribution is 2.42. The number of fused-ring (bicyclic) bond motifs is 1. The van der Waals surface area contributed by atoms with Gasteiger partial charge in [0.05, 0.1) is 24.4 Å². The molecule has 2 heterocycles. The third kappa shape index (κ3) is 2.09. The Morgan fingerprint density at radius 2 is 2.10 bits per heavy atom. The molecule has 0 aliphatic carbocycles. The lowest BCUT2D eigenvalue weighted by Gasteiger charge is -2.15. The molecule has 0 amide bonds. The molecule has 106 valence electrons. The van der Waals surface area contributed by atoms with Crippen molar-refractivity contribution in [2.24, 2.45) is 0 Å². The van der Waals surface area contributed by atoms with E-state index in [0.29, 0.717) is 11.5 Å². The summed E-state index contributed by atoms with van der Waals surface area (Å²) in [7, 11) is 3.26. The van der Waals surface area contributed by atoms with Crippen LogP contribution in [0.15, 0.2) is 16.6 Å². The van der Waals surface area contributed by atoms with Crippen molar-refractivity contribution in [1.29, 1.82) is 0 Å². The van der Waals surface area contributed by atoms with Crippen molar-refractivity contribution in [1.82, 2.24) is 15.5 Å². The third-order valence-electron chi connectivity index (χ3n) is 3.55. The molecule has 2 aromatic rings. The molecule has 0 saturated heterocycles. The van der Waals surface area contributed by atoms with Gasteiger partial charge in [0.2, 0.25) is 0 Å². The lowest BCUT2D eigenvalue weighted by Crippen LogP contribution is -2.23. The van der Waals surface area contributed by atoms with Crippen LogP contribution >= 0.6 is 15.9 Å². The first-order valence-corrected chi connectivity index (χ1v) is 7.23. The highest BCUT2D eigenvalue weighted by molar-refractivity contribution is 9.10. The summed E-state index contributed by atoms with van der Waals surface area (Å²) in [4.78, 5) is 0. The van der Waals surface area contributed by atoms with Crippen LogP contribution in [0.1, 0.15) is 11.3 Å². The minimum atomic E-state index is 0.686. The number of H-pyrrole nitrogens is 1. The van der Waals surface area contributed by atoms with Gasteiger partial charge in [-0.15, -0.1) is 0 Å². The first kappa shape index (κ1) is 13.5. The second kappa shape index (κ2) is 5.46. The number of methoxy groups -OCH3 is 2. The molecule has 0 radical (unpaired) electrons. The Balaban J connectivity index is 2.13. The summed E-state index contributed by atoms with van der Waals surface area (Å²) < 4.78 is 11.6. The van der Waals surface area contributed by atoms with Gasteiger partial charge in [-0.2, -0.15) is 5.10 Å². The zero-order chi connectivity index (χ0) is 14.1. The van der Waals surface area contributed by atoms with E-state index < -0.39 is 0 Å². The number of halogens is 1. The Morgan fingerprint density at radius 3 is 2.85 bits per heavy atom. The van der Waals surface area contributed by atoms with Gasteiger partial charge < -0.3 is 14.8 Å². The molecule has 0 bridgehead atoms. The van der Waals surface area contributed by atoms with E-state index in [1.54, 1.807) is 14.2 Å². The van der Waals surface area contributed by atoms with Crippen LogP contribution in [0.5, 0.6) is 11.5 Å². The van der Waals surface area contributed by atoms with Gasteiger partial charge in [-0.3, -0.25) is 5.10 Å². The number of aromatic amines is 1. The lowest BCUT2D eigenvalue weighted by atomic mass is 10.0. The molecule has 6 heteroatoms. The van der Waals surface area contributed by atoms with Crippen LogP contribution in [-0.2, 0) is 13.0 Å². The van der Waals surface area contributed by atoms with Crippen molar-refractivity contribution in [2.45, 2.75) is 13.0 Å². The number of ether oxygens (including phenoxy) is 2. The Kier molecular flexibility index (Phi) is 3.67. The highest BCUT2D eigenvalue weighted by Gasteiger charge is 2.21. The Labute approximate surface area is 125 Å². The van der Waals surface area contributed by atoms with Gasteiger partial charge in [0.15, 0.2) is 11.5 Å². The summed E-state index contributed by atoms with van der Waals surface area (Å²) in [6.45, 7) is 1.82. The van der Waals surface area contributed by atoms with E-state index in [1.807, 2.05) is 12.1 Å². The minimum absolute atomic E-state index is 0.686. The van der Waals surface area contributed by atoms with Crippen molar-refractivity contribution in [2.75, 3.05) is 20.8 Å². The number of nitrogens with zero attached hydrogens (tertiary/aromatic N) is 1. The highest BCUT2D eigenvalue weighted by atomic mass is 79.9. The number of rotatable bonds is 3. The SMILES string of the molecule is COc1ccc(-c2n[nH]c3c2CNCC3)c(Br)c1OC. The summed E-state index contributed by atoms with van der Waals surface area (Å²) in [5, 5.41) is 11.0. The molecule has 0 saturated carbocycles. The molecular formula is C14H16BrN3O2. The van der Waals surface area contributed by atoms with Crippen molar-refractivity contribution in [3.63, 3.8) is 0 Å². The van der Waals surface area contributed by atoms with Crippen molar-refractivity contribution >= 4 is 15.9 Å². The maximum atomic E-state index is 5.42. The van der Waals surface area contributed by atoms with E-state index in [0.717, 1.165) is 35.2 Å². The van der Waals surface area contributed by atoms with Crippen molar-refractivity contribution < 1.29 is 9.47 Å². The maximum absolute atomic E-state index is 5.42. The molecule has 20 heavy (non-hydrogen) atoms. The summed E-state index contributed by atoms with van der Waals surface area (Å²) in [5.41, 5.74) is 4.40. The van der Waals surface area contributed by atoms with Crippen LogP contribution in [0.25, 0.3) is 11.3 Å². The van der Waals surface area contributed by atoms with Crippen LogP contribution in [0, 0.1) is 0 Å². The first-order chi connectivity index (χ1) is 9.76. The fraction of sp³-hybridized carbons (Fsp3) is 0.357. The molecule has 3 rings (SSSR count). The Morgan fingerprint density at radius 1 is 1.25 bits per heavy atom. The second-order valence-electron chi connectivity index (χ2n) is 4.62. The van der Waals surface area contributed by atoms with Crippen LogP contribution in [-0.4, -0.2) is 31.0 Å². The smallest absolute Gasteiger partial charge is 0.175 e. The topological polar surface area (TPSA) is 59.2 Å². The van der Waals surface area contributed by atoms with Gasteiger partial charge in [0, 0.05) is 36.3 Å². The molecule has 0 spiro atoms. The van der Waals surface area contributed by atoms with Crippen molar-refractivity contribution in [3.05, 3.63) is 27.9 Å². The summed E-state index contributed by atoms with van der Waals surface area (Å²) >= 11 is 3.60. The van der Waals surface area contributed by atoms with Crippen LogP contribution < -0.4 is 14.8 Å². The summed E-state index contributed by atoms with van der Waals surface area (Å²) in [6, 6.07) is 3.90. The minimum Gasteiger partial charge on any atom is -0.493 e. The predicted molar refractivity (Wildman–Crippen MR) is 80.2 cm³/mol. The van der Waals surface area contributed by atoms with E-state index >= 15 is 0 Å². The van der Waals surface area contributed by atoms with E-state index in [9.17, 15) is 0 Å². The molecule has 0 unspecified atom stereocenters. The van der Waals surface area contributed by atoms with E-state index in [1.165, 1.54) is 11.3 Å². The second-order valence-corrected chi connectivity index (χ2v) is 5.41.